The Morgan fingerprint density at radius 3 is 2.45 bits per heavy atom. The highest BCUT2D eigenvalue weighted by molar-refractivity contribution is 14.0. The van der Waals surface area contributed by atoms with Crippen molar-refractivity contribution in [3.63, 3.8) is 0 Å². The number of nitrogens with zero attached hydrogens (tertiary/aromatic N) is 3. The van der Waals surface area contributed by atoms with Crippen LogP contribution in [0.15, 0.2) is 53.5 Å². The normalized spacial score (nSPS) is 13.8. The number of hydrogen-bond donors (Lipinski definition) is 2. The standard InChI is InChI=1S/C25H35N5O2.HI/c1-4-26-25(27-13-12-20-6-5-7-22(18-20)24(31)29(2)3)28-19-21-8-10-23(11-9-21)30-14-16-32-17-15-30;/h5-11,18H,4,12-17,19H2,1-3H3,(H2,26,27,28);1H. The molecule has 3 rings (SSSR count). The van der Waals surface area contributed by atoms with Crippen LogP contribution in [0.4, 0.5) is 5.69 Å². The molecule has 180 valence electrons. The van der Waals surface area contributed by atoms with E-state index in [0.29, 0.717) is 12.1 Å². The van der Waals surface area contributed by atoms with Gasteiger partial charge in [0.1, 0.15) is 0 Å². The van der Waals surface area contributed by atoms with Gasteiger partial charge in [0.2, 0.25) is 0 Å². The molecule has 0 aromatic heterocycles. The van der Waals surface area contributed by atoms with Crippen molar-refractivity contribution in [2.75, 3.05) is 58.4 Å². The van der Waals surface area contributed by atoms with Crippen molar-refractivity contribution in [1.29, 1.82) is 0 Å². The van der Waals surface area contributed by atoms with E-state index in [0.717, 1.165) is 57.3 Å². The lowest BCUT2D eigenvalue weighted by Crippen LogP contribution is -2.38. The zero-order valence-electron chi connectivity index (χ0n) is 19.8. The molecule has 1 fully saturated rings. The van der Waals surface area contributed by atoms with E-state index in [9.17, 15) is 4.79 Å². The van der Waals surface area contributed by atoms with Gasteiger partial charge in [-0.25, -0.2) is 4.99 Å². The van der Waals surface area contributed by atoms with Crippen LogP contribution in [0.5, 0.6) is 0 Å². The van der Waals surface area contributed by atoms with Crippen LogP contribution in [-0.4, -0.2) is 70.3 Å². The summed E-state index contributed by atoms with van der Waals surface area (Å²) in [7, 11) is 3.54. The van der Waals surface area contributed by atoms with Crippen LogP contribution in [0, 0.1) is 0 Å². The maximum atomic E-state index is 12.2. The summed E-state index contributed by atoms with van der Waals surface area (Å²) >= 11 is 0. The Hall–Kier alpha value is -2.33. The van der Waals surface area contributed by atoms with Gasteiger partial charge in [0.25, 0.3) is 5.91 Å². The van der Waals surface area contributed by atoms with Crippen molar-refractivity contribution >= 4 is 41.5 Å². The predicted molar refractivity (Wildman–Crippen MR) is 146 cm³/mol. The lowest BCUT2D eigenvalue weighted by atomic mass is 10.1. The summed E-state index contributed by atoms with van der Waals surface area (Å²) in [5, 5.41) is 6.70. The monoisotopic (exact) mass is 565 g/mol. The lowest BCUT2D eigenvalue weighted by molar-refractivity contribution is 0.0827. The third kappa shape index (κ3) is 8.51. The van der Waals surface area contributed by atoms with E-state index in [4.69, 9.17) is 9.73 Å². The minimum atomic E-state index is 0. The quantitative estimate of drug-likeness (QED) is 0.293. The Labute approximate surface area is 214 Å². The fourth-order valence-electron chi connectivity index (χ4n) is 3.59. The number of amides is 1. The number of carbonyl (C=O) groups is 1. The molecule has 1 heterocycles. The first-order chi connectivity index (χ1) is 15.6. The summed E-state index contributed by atoms with van der Waals surface area (Å²) in [5.74, 6) is 0.819. The summed E-state index contributed by atoms with van der Waals surface area (Å²) in [4.78, 5) is 20.8. The van der Waals surface area contributed by atoms with Crippen molar-refractivity contribution < 1.29 is 9.53 Å². The SMILES string of the molecule is CCNC(=NCc1ccc(N2CCOCC2)cc1)NCCc1cccc(C(=O)N(C)C)c1.I. The maximum Gasteiger partial charge on any atom is 0.253 e. The van der Waals surface area contributed by atoms with Crippen LogP contribution < -0.4 is 15.5 Å². The van der Waals surface area contributed by atoms with E-state index < -0.39 is 0 Å². The molecule has 7 nitrogen and oxygen atoms in total. The maximum absolute atomic E-state index is 12.2. The molecule has 2 aromatic rings. The first kappa shape index (κ1) is 26.9. The van der Waals surface area contributed by atoms with E-state index in [-0.39, 0.29) is 29.9 Å². The van der Waals surface area contributed by atoms with Crippen molar-refractivity contribution in [2.24, 2.45) is 4.99 Å². The molecule has 8 heteroatoms. The predicted octanol–water partition coefficient (Wildman–Crippen LogP) is 3.14. The minimum absolute atomic E-state index is 0. The number of aliphatic imine (C=N–C) groups is 1. The van der Waals surface area contributed by atoms with E-state index >= 15 is 0 Å². The highest BCUT2D eigenvalue weighted by Gasteiger charge is 2.11. The van der Waals surface area contributed by atoms with Gasteiger partial charge in [-0.3, -0.25) is 4.79 Å². The molecule has 0 atom stereocenters. The number of hydrogen-bond acceptors (Lipinski definition) is 4. The molecule has 2 N–H and O–H groups in total. The van der Waals surface area contributed by atoms with Crippen molar-refractivity contribution in [1.82, 2.24) is 15.5 Å². The second-order valence-electron chi connectivity index (χ2n) is 8.04. The first-order valence-corrected chi connectivity index (χ1v) is 11.3. The molecular formula is C25H36IN5O2. The third-order valence-corrected chi connectivity index (χ3v) is 5.36. The third-order valence-electron chi connectivity index (χ3n) is 5.36. The van der Waals surface area contributed by atoms with Crippen molar-refractivity contribution in [3.8, 4) is 0 Å². The van der Waals surface area contributed by atoms with Gasteiger partial charge in [-0.1, -0.05) is 24.3 Å². The molecule has 1 amide bonds. The lowest BCUT2D eigenvalue weighted by Gasteiger charge is -2.28. The molecule has 1 saturated heterocycles. The Balaban J connectivity index is 0.00000385. The van der Waals surface area contributed by atoms with Gasteiger partial charge in [-0.15, -0.1) is 24.0 Å². The largest absolute Gasteiger partial charge is 0.378 e. The molecule has 0 unspecified atom stereocenters. The minimum Gasteiger partial charge on any atom is -0.378 e. The summed E-state index contributed by atoms with van der Waals surface area (Å²) in [6, 6.07) is 16.4. The number of nitrogens with one attached hydrogen (secondary N) is 2. The number of carbonyl (C=O) groups excluding carboxylic acids is 1. The van der Waals surface area contributed by atoms with Crippen LogP contribution in [0.1, 0.15) is 28.4 Å². The Bertz CT molecular complexity index is 896. The van der Waals surface area contributed by atoms with Crippen molar-refractivity contribution in [3.05, 3.63) is 65.2 Å². The van der Waals surface area contributed by atoms with Gasteiger partial charge in [-0.05, 0) is 48.7 Å². The van der Waals surface area contributed by atoms with Crippen LogP contribution >= 0.6 is 24.0 Å². The molecule has 0 aliphatic carbocycles. The highest BCUT2D eigenvalue weighted by atomic mass is 127. The summed E-state index contributed by atoms with van der Waals surface area (Å²) < 4.78 is 5.43. The number of guanidine groups is 1. The fourth-order valence-corrected chi connectivity index (χ4v) is 3.59. The number of rotatable bonds is 8. The molecule has 1 aliphatic heterocycles. The van der Waals surface area contributed by atoms with Gasteiger partial charge in [0, 0.05) is 51.5 Å². The number of anilines is 1. The molecule has 0 bridgehead atoms. The summed E-state index contributed by atoms with van der Waals surface area (Å²) in [6.45, 7) is 7.68. The Morgan fingerprint density at radius 2 is 1.79 bits per heavy atom. The van der Waals surface area contributed by atoms with Crippen LogP contribution in [0.3, 0.4) is 0 Å². The average Bonchev–Trinajstić information content (AvgIpc) is 2.83. The molecule has 0 radical (unpaired) electrons. The smallest absolute Gasteiger partial charge is 0.253 e. The van der Waals surface area contributed by atoms with Gasteiger partial charge in [0.15, 0.2) is 5.96 Å². The zero-order valence-corrected chi connectivity index (χ0v) is 22.2. The molecule has 2 aromatic carbocycles. The summed E-state index contributed by atoms with van der Waals surface area (Å²) in [5.41, 5.74) is 4.25. The van der Waals surface area contributed by atoms with E-state index in [1.165, 1.54) is 11.3 Å². The van der Waals surface area contributed by atoms with Gasteiger partial charge >= 0.3 is 0 Å². The topological polar surface area (TPSA) is 69.2 Å². The van der Waals surface area contributed by atoms with E-state index in [2.05, 4.69) is 46.7 Å². The second-order valence-corrected chi connectivity index (χ2v) is 8.04. The number of halogens is 1. The van der Waals surface area contributed by atoms with Crippen LogP contribution in [0.25, 0.3) is 0 Å². The molecular weight excluding hydrogens is 529 g/mol. The Kier molecular flexibility index (Phi) is 11.5. The average molecular weight is 566 g/mol. The van der Waals surface area contributed by atoms with Crippen LogP contribution in [-0.2, 0) is 17.7 Å². The highest BCUT2D eigenvalue weighted by Crippen LogP contribution is 2.17. The number of morpholine rings is 1. The van der Waals surface area contributed by atoms with Gasteiger partial charge < -0.3 is 25.2 Å². The molecule has 33 heavy (non-hydrogen) atoms. The van der Waals surface area contributed by atoms with E-state index in [1.54, 1.807) is 19.0 Å². The fraction of sp³-hybridized carbons (Fsp3) is 0.440. The molecule has 0 spiro atoms. The van der Waals surface area contributed by atoms with Crippen molar-refractivity contribution in [2.45, 2.75) is 19.9 Å². The van der Waals surface area contributed by atoms with Gasteiger partial charge in [0.05, 0.1) is 19.8 Å². The molecule has 1 aliphatic rings. The number of ether oxygens (including phenoxy) is 1. The molecule has 0 saturated carbocycles. The van der Waals surface area contributed by atoms with Crippen LogP contribution in [0.2, 0.25) is 0 Å². The first-order valence-electron chi connectivity index (χ1n) is 11.3. The Morgan fingerprint density at radius 1 is 1.06 bits per heavy atom. The zero-order chi connectivity index (χ0) is 22.8. The van der Waals surface area contributed by atoms with E-state index in [1.807, 2.05) is 24.3 Å². The second kappa shape index (κ2) is 14.0. The van der Waals surface area contributed by atoms with Gasteiger partial charge in [-0.2, -0.15) is 0 Å². The number of benzene rings is 2. The summed E-state index contributed by atoms with van der Waals surface area (Å²) in [6.07, 6.45) is 0.813.